The maximum Gasteiger partial charge on any atom is 0.304 e. The van der Waals surface area contributed by atoms with Crippen molar-refractivity contribution < 1.29 is 8.42 Å². The molecule has 5 nitrogen and oxygen atoms in total. The van der Waals surface area contributed by atoms with Crippen molar-refractivity contribution in [2.24, 2.45) is 0 Å². The Bertz CT molecular complexity index is 514. The summed E-state index contributed by atoms with van der Waals surface area (Å²) >= 11 is 0. The van der Waals surface area contributed by atoms with E-state index in [0.29, 0.717) is 17.9 Å². The second-order valence-corrected chi connectivity index (χ2v) is 6.66. The average molecular weight is 285 g/mol. The molecule has 0 saturated carbocycles. The number of hydrogen-bond acceptors (Lipinski definition) is 3. The number of nitrogens with zero attached hydrogens (tertiary/aromatic N) is 2. The quantitative estimate of drug-likeness (QED) is 0.814. The van der Waals surface area contributed by atoms with Gasteiger partial charge < -0.3 is 5.73 Å². The van der Waals surface area contributed by atoms with E-state index >= 15 is 0 Å². The van der Waals surface area contributed by atoms with Gasteiger partial charge in [-0.25, -0.2) is 0 Å². The zero-order chi connectivity index (χ0) is 14.6. The highest BCUT2D eigenvalue weighted by molar-refractivity contribution is 7.90. The van der Waals surface area contributed by atoms with Crippen LogP contribution in [-0.4, -0.2) is 32.4 Å². The fourth-order valence-electron chi connectivity index (χ4n) is 1.70. The van der Waals surface area contributed by atoms with E-state index in [1.54, 1.807) is 31.3 Å². The van der Waals surface area contributed by atoms with Gasteiger partial charge in [0.25, 0.3) is 0 Å². The van der Waals surface area contributed by atoms with Crippen molar-refractivity contribution in [2.45, 2.75) is 33.2 Å². The first-order valence-electron chi connectivity index (χ1n) is 6.42. The number of nitrogen functional groups attached to an aromatic ring is 1. The Kier molecular flexibility index (Phi) is 5.20. The first-order valence-corrected chi connectivity index (χ1v) is 7.82. The Morgan fingerprint density at radius 1 is 1.26 bits per heavy atom. The number of anilines is 2. The molecule has 0 aliphatic rings. The van der Waals surface area contributed by atoms with E-state index in [4.69, 9.17) is 5.73 Å². The summed E-state index contributed by atoms with van der Waals surface area (Å²) in [5.74, 6) is 0. The van der Waals surface area contributed by atoms with Gasteiger partial charge in [-0.15, -0.1) is 0 Å². The van der Waals surface area contributed by atoms with Gasteiger partial charge in [-0.05, 0) is 32.4 Å². The monoisotopic (exact) mass is 285 g/mol. The summed E-state index contributed by atoms with van der Waals surface area (Å²) in [5.41, 5.74) is 6.91. The van der Waals surface area contributed by atoms with Gasteiger partial charge >= 0.3 is 10.2 Å². The molecule has 0 aliphatic heterocycles. The number of para-hydroxylation sites is 2. The molecule has 1 rings (SSSR count). The van der Waals surface area contributed by atoms with Crippen LogP contribution in [0.15, 0.2) is 24.3 Å². The Hall–Kier alpha value is -1.27. The molecular formula is C13H23N3O2S. The summed E-state index contributed by atoms with van der Waals surface area (Å²) in [7, 11) is -1.97. The third-order valence-corrected chi connectivity index (χ3v) is 5.09. The normalized spacial score (nSPS) is 12.1. The van der Waals surface area contributed by atoms with Gasteiger partial charge in [-0.1, -0.05) is 19.1 Å². The Balaban J connectivity index is 3.26. The molecule has 0 heterocycles. The smallest absolute Gasteiger partial charge is 0.304 e. The van der Waals surface area contributed by atoms with E-state index in [2.05, 4.69) is 0 Å². The van der Waals surface area contributed by atoms with Crippen molar-refractivity contribution in [2.75, 3.05) is 23.6 Å². The number of rotatable bonds is 6. The van der Waals surface area contributed by atoms with Crippen LogP contribution in [0.4, 0.5) is 11.4 Å². The number of benzene rings is 1. The molecule has 0 aromatic heterocycles. The summed E-state index contributed by atoms with van der Waals surface area (Å²) in [6, 6.07) is 6.93. The number of hydrogen-bond donors (Lipinski definition) is 1. The molecule has 0 bridgehead atoms. The molecule has 0 saturated heterocycles. The SMILES string of the molecule is CCCN(c1ccccc1N)S(=O)(=O)N(C)C(C)C. The van der Waals surface area contributed by atoms with Crippen LogP contribution in [-0.2, 0) is 10.2 Å². The predicted molar refractivity (Wildman–Crippen MR) is 80.3 cm³/mol. The molecular weight excluding hydrogens is 262 g/mol. The van der Waals surface area contributed by atoms with Crippen LogP contribution in [0, 0.1) is 0 Å². The van der Waals surface area contributed by atoms with Gasteiger partial charge in [0, 0.05) is 19.6 Å². The van der Waals surface area contributed by atoms with E-state index in [9.17, 15) is 8.42 Å². The van der Waals surface area contributed by atoms with Crippen LogP contribution in [0.5, 0.6) is 0 Å². The van der Waals surface area contributed by atoms with Crippen molar-refractivity contribution in [1.29, 1.82) is 0 Å². The van der Waals surface area contributed by atoms with Gasteiger partial charge in [0.15, 0.2) is 0 Å². The predicted octanol–water partition coefficient (Wildman–Crippen LogP) is 2.07. The van der Waals surface area contributed by atoms with Gasteiger partial charge in [0.05, 0.1) is 11.4 Å². The van der Waals surface area contributed by atoms with Crippen molar-refractivity contribution in [3.8, 4) is 0 Å². The molecule has 0 unspecified atom stereocenters. The fraction of sp³-hybridized carbons (Fsp3) is 0.538. The third kappa shape index (κ3) is 3.39. The Labute approximate surface area is 116 Å². The second-order valence-electron chi connectivity index (χ2n) is 4.75. The van der Waals surface area contributed by atoms with Crippen LogP contribution in [0.1, 0.15) is 27.2 Å². The zero-order valence-electron chi connectivity index (χ0n) is 12.0. The minimum Gasteiger partial charge on any atom is -0.397 e. The van der Waals surface area contributed by atoms with Crippen LogP contribution in [0.3, 0.4) is 0 Å². The second kappa shape index (κ2) is 6.25. The van der Waals surface area contributed by atoms with Crippen molar-refractivity contribution >= 4 is 21.6 Å². The highest BCUT2D eigenvalue weighted by Gasteiger charge is 2.29. The maximum absolute atomic E-state index is 12.6. The van der Waals surface area contributed by atoms with Crippen molar-refractivity contribution in [1.82, 2.24) is 4.31 Å². The summed E-state index contributed by atoms with van der Waals surface area (Å²) in [4.78, 5) is 0. The Morgan fingerprint density at radius 2 is 1.84 bits per heavy atom. The van der Waals surface area contributed by atoms with Crippen LogP contribution >= 0.6 is 0 Å². The standard InChI is InChI=1S/C13H23N3O2S/c1-5-10-16(13-9-7-6-8-12(13)14)19(17,18)15(4)11(2)3/h6-9,11H,5,10,14H2,1-4H3. The summed E-state index contributed by atoms with van der Waals surface area (Å²) in [6.45, 7) is 6.04. The minimum absolute atomic E-state index is 0.103. The third-order valence-electron chi connectivity index (χ3n) is 3.00. The molecule has 6 heteroatoms. The largest absolute Gasteiger partial charge is 0.397 e. The highest BCUT2D eigenvalue weighted by atomic mass is 32.2. The van der Waals surface area contributed by atoms with E-state index in [1.807, 2.05) is 20.8 Å². The van der Waals surface area contributed by atoms with E-state index in [0.717, 1.165) is 6.42 Å². The molecule has 1 aromatic rings. The molecule has 0 fully saturated rings. The molecule has 0 radical (unpaired) electrons. The summed E-state index contributed by atoms with van der Waals surface area (Å²) < 4.78 is 28.0. The van der Waals surface area contributed by atoms with Crippen LogP contribution in [0.2, 0.25) is 0 Å². The number of nitrogens with two attached hydrogens (primary N) is 1. The Morgan fingerprint density at radius 3 is 2.32 bits per heavy atom. The van der Waals surface area contributed by atoms with Gasteiger partial charge in [0.1, 0.15) is 0 Å². The lowest BCUT2D eigenvalue weighted by Crippen LogP contribution is -2.45. The van der Waals surface area contributed by atoms with Crippen molar-refractivity contribution in [3.63, 3.8) is 0 Å². The molecule has 1 aromatic carbocycles. The zero-order valence-corrected chi connectivity index (χ0v) is 12.8. The lowest BCUT2D eigenvalue weighted by molar-refractivity contribution is 0.408. The molecule has 0 atom stereocenters. The molecule has 2 N–H and O–H groups in total. The molecule has 0 amide bonds. The molecule has 19 heavy (non-hydrogen) atoms. The first kappa shape index (κ1) is 15.8. The topological polar surface area (TPSA) is 66.6 Å². The lowest BCUT2D eigenvalue weighted by atomic mass is 10.2. The summed E-state index contributed by atoms with van der Waals surface area (Å²) in [6.07, 6.45) is 0.722. The molecule has 108 valence electrons. The highest BCUT2D eigenvalue weighted by Crippen LogP contribution is 2.27. The van der Waals surface area contributed by atoms with Crippen molar-refractivity contribution in [3.05, 3.63) is 24.3 Å². The first-order chi connectivity index (χ1) is 8.82. The lowest BCUT2D eigenvalue weighted by Gasteiger charge is -2.31. The van der Waals surface area contributed by atoms with E-state index < -0.39 is 10.2 Å². The summed E-state index contributed by atoms with van der Waals surface area (Å²) in [5, 5.41) is 0. The van der Waals surface area contributed by atoms with E-state index in [-0.39, 0.29) is 6.04 Å². The maximum atomic E-state index is 12.6. The molecule has 0 aliphatic carbocycles. The van der Waals surface area contributed by atoms with E-state index in [1.165, 1.54) is 8.61 Å². The minimum atomic E-state index is -3.55. The van der Waals surface area contributed by atoms with Gasteiger partial charge in [-0.3, -0.25) is 4.31 Å². The van der Waals surface area contributed by atoms with Crippen LogP contribution in [0.25, 0.3) is 0 Å². The molecule has 0 spiro atoms. The van der Waals surface area contributed by atoms with Gasteiger partial charge in [-0.2, -0.15) is 12.7 Å². The average Bonchev–Trinajstić information content (AvgIpc) is 2.35. The van der Waals surface area contributed by atoms with Gasteiger partial charge in [0.2, 0.25) is 0 Å². The fourth-order valence-corrected chi connectivity index (χ4v) is 3.37. The van der Waals surface area contributed by atoms with Crippen LogP contribution < -0.4 is 10.0 Å².